The average Bonchev–Trinajstić information content (AvgIpc) is 2.58. The summed E-state index contributed by atoms with van der Waals surface area (Å²) >= 11 is 11.8. The third-order valence-electron chi connectivity index (χ3n) is 3.10. The lowest BCUT2D eigenvalue weighted by atomic mass is 10.0. The molecule has 4 unspecified atom stereocenters. The van der Waals surface area contributed by atoms with Crippen molar-refractivity contribution in [2.24, 2.45) is 0 Å². The number of rotatable bonds is 8. The minimum absolute atomic E-state index is 0.0114. The van der Waals surface area contributed by atoms with E-state index in [2.05, 4.69) is 0 Å². The van der Waals surface area contributed by atoms with Crippen molar-refractivity contribution in [3.63, 3.8) is 0 Å². The van der Waals surface area contributed by atoms with Gasteiger partial charge in [0.05, 0.1) is 23.8 Å². The maximum absolute atomic E-state index is 12.3. The van der Waals surface area contributed by atoms with Gasteiger partial charge in [-0.15, -0.1) is 0 Å². The summed E-state index contributed by atoms with van der Waals surface area (Å²) in [7, 11) is 1.24. The van der Waals surface area contributed by atoms with Gasteiger partial charge < -0.3 is 34.7 Å². The molecule has 0 radical (unpaired) electrons. The van der Waals surface area contributed by atoms with Crippen LogP contribution in [0.3, 0.4) is 0 Å². The van der Waals surface area contributed by atoms with Gasteiger partial charge in [0, 0.05) is 0 Å². The van der Waals surface area contributed by atoms with Crippen molar-refractivity contribution in [1.29, 1.82) is 0 Å². The zero-order valence-electron chi connectivity index (χ0n) is 12.4. The number of hydrogen-bond donors (Lipinski definition) is 4. The molecule has 1 aromatic carbocycles. The number of hydrogen-bond acceptors (Lipinski definition) is 8. The normalized spacial score (nSPS) is 16.0. The van der Waals surface area contributed by atoms with Crippen LogP contribution in [-0.4, -0.2) is 70.8 Å². The first kappa shape index (κ1) is 20.6. The summed E-state index contributed by atoms with van der Waals surface area (Å²) in [5.74, 6) is -1.24. The van der Waals surface area contributed by atoms with Gasteiger partial charge in [0.2, 0.25) is 0 Å². The van der Waals surface area contributed by atoms with Gasteiger partial charge in [-0.2, -0.15) is 0 Å². The van der Waals surface area contributed by atoms with E-state index in [1.807, 2.05) is 0 Å². The summed E-state index contributed by atoms with van der Waals surface area (Å²) in [4.78, 5) is 22.9. The molecule has 0 aliphatic rings. The maximum atomic E-state index is 12.3. The number of halogens is 2. The molecular formula is C14H16Cl2O8. The van der Waals surface area contributed by atoms with Crippen molar-refractivity contribution < 1.29 is 39.5 Å². The summed E-state index contributed by atoms with van der Waals surface area (Å²) in [5.41, 5.74) is -0.283. The minimum Gasteiger partial charge on any atom is -0.494 e. The van der Waals surface area contributed by atoms with Crippen LogP contribution in [0.15, 0.2) is 12.1 Å². The van der Waals surface area contributed by atoms with Gasteiger partial charge in [-0.25, -0.2) is 4.79 Å². The van der Waals surface area contributed by atoms with Crippen molar-refractivity contribution in [3.05, 3.63) is 27.7 Å². The Morgan fingerprint density at radius 1 is 1.25 bits per heavy atom. The molecule has 8 nitrogen and oxygen atoms in total. The third kappa shape index (κ3) is 4.56. The highest BCUT2D eigenvalue weighted by Gasteiger charge is 2.36. The second-order valence-corrected chi connectivity index (χ2v) is 5.49. The summed E-state index contributed by atoms with van der Waals surface area (Å²) in [6, 6.07) is 2.68. The van der Waals surface area contributed by atoms with Crippen LogP contribution in [0.1, 0.15) is 10.4 Å². The topological polar surface area (TPSA) is 134 Å². The maximum Gasteiger partial charge on any atom is 0.343 e. The van der Waals surface area contributed by atoms with E-state index in [9.17, 15) is 24.9 Å². The lowest BCUT2D eigenvalue weighted by Crippen LogP contribution is -2.49. The molecule has 0 spiro atoms. The summed E-state index contributed by atoms with van der Waals surface area (Å²) in [5, 5.41) is 37.8. The molecule has 1 rings (SSSR count). The van der Waals surface area contributed by atoms with Gasteiger partial charge in [0.25, 0.3) is 0 Å². The van der Waals surface area contributed by atoms with Gasteiger partial charge in [-0.1, -0.05) is 23.2 Å². The molecule has 10 heteroatoms. The molecule has 4 N–H and O–H groups in total. The van der Waals surface area contributed by atoms with E-state index in [-0.39, 0.29) is 27.6 Å². The van der Waals surface area contributed by atoms with Crippen molar-refractivity contribution in [1.82, 2.24) is 0 Å². The summed E-state index contributed by atoms with van der Waals surface area (Å²) < 4.78 is 9.89. The van der Waals surface area contributed by atoms with Crippen LogP contribution in [0.4, 0.5) is 0 Å². The number of aldehydes is 1. The van der Waals surface area contributed by atoms with E-state index < -0.39 is 37.0 Å². The van der Waals surface area contributed by atoms with Crippen molar-refractivity contribution in [2.75, 3.05) is 13.7 Å². The van der Waals surface area contributed by atoms with Crippen LogP contribution in [0, 0.1) is 0 Å². The number of aliphatic hydroxyl groups excluding tert-OH is 4. The molecule has 0 saturated heterocycles. The number of carbonyl (C=O) groups is 2. The summed E-state index contributed by atoms with van der Waals surface area (Å²) in [6.45, 7) is -0.902. The monoisotopic (exact) mass is 382 g/mol. The number of ether oxygens (including phenoxy) is 2. The van der Waals surface area contributed by atoms with E-state index in [0.717, 1.165) is 0 Å². The van der Waals surface area contributed by atoms with E-state index in [0.29, 0.717) is 0 Å². The molecule has 134 valence electrons. The first-order chi connectivity index (χ1) is 11.3. The van der Waals surface area contributed by atoms with Crippen molar-refractivity contribution in [3.8, 4) is 5.75 Å². The molecular weight excluding hydrogens is 367 g/mol. The first-order valence-corrected chi connectivity index (χ1v) is 7.37. The first-order valence-electron chi connectivity index (χ1n) is 6.61. The van der Waals surface area contributed by atoms with Gasteiger partial charge in [0.1, 0.15) is 23.9 Å². The molecule has 0 aliphatic carbocycles. The van der Waals surface area contributed by atoms with Gasteiger partial charge in [0.15, 0.2) is 18.1 Å². The number of methoxy groups -OCH3 is 1. The number of benzene rings is 1. The lowest BCUT2D eigenvalue weighted by molar-refractivity contribution is -0.138. The van der Waals surface area contributed by atoms with E-state index in [1.54, 1.807) is 0 Å². The molecule has 1 aromatic rings. The van der Waals surface area contributed by atoms with Gasteiger partial charge in [-0.05, 0) is 12.1 Å². The smallest absolute Gasteiger partial charge is 0.343 e. The van der Waals surface area contributed by atoms with E-state index >= 15 is 0 Å². The Morgan fingerprint density at radius 2 is 1.83 bits per heavy atom. The van der Waals surface area contributed by atoms with Crippen LogP contribution < -0.4 is 4.74 Å². The number of esters is 1. The highest BCUT2D eigenvalue weighted by atomic mass is 35.5. The molecule has 0 heterocycles. The molecule has 4 atom stereocenters. The zero-order valence-corrected chi connectivity index (χ0v) is 13.9. The Kier molecular flexibility index (Phi) is 7.88. The fourth-order valence-electron chi connectivity index (χ4n) is 1.86. The lowest BCUT2D eigenvalue weighted by Gasteiger charge is -2.27. The second kappa shape index (κ2) is 9.16. The standard InChI is InChI=1S/C14H16Cl2O8/c1-23-12-7(16)3-2-6(15)10(12)14(22)24-13(9(20)5-18)11(21)8(19)4-17/h2-4,8-9,11,13,18-21H,5H2,1H3. The number of aliphatic hydroxyl groups is 4. The molecule has 0 bridgehead atoms. The predicted octanol–water partition coefficient (Wildman–Crippen LogP) is -0.199. The van der Waals surface area contributed by atoms with Crippen molar-refractivity contribution >= 4 is 35.5 Å². The SMILES string of the molecule is COc1c(Cl)ccc(Cl)c1C(=O)OC(C(O)CO)C(O)C(O)C=O. The molecule has 0 aromatic heterocycles. The molecule has 24 heavy (non-hydrogen) atoms. The highest BCUT2D eigenvalue weighted by molar-refractivity contribution is 6.37. The quantitative estimate of drug-likeness (QED) is 0.358. The largest absolute Gasteiger partial charge is 0.494 e. The van der Waals surface area contributed by atoms with Crippen molar-refractivity contribution in [2.45, 2.75) is 24.4 Å². The molecule has 0 saturated carbocycles. The second-order valence-electron chi connectivity index (χ2n) is 4.67. The fourth-order valence-corrected chi connectivity index (χ4v) is 2.32. The Labute approximate surface area is 147 Å². The van der Waals surface area contributed by atoms with Gasteiger partial charge in [-0.3, -0.25) is 0 Å². The Morgan fingerprint density at radius 3 is 2.33 bits per heavy atom. The molecule has 0 aliphatic heterocycles. The van der Waals surface area contributed by atoms with Crippen LogP contribution >= 0.6 is 23.2 Å². The van der Waals surface area contributed by atoms with Crippen LogP contribution in [0.2, 0.25) is 10.0 Å². The van der Waals surface area contributed by atoms with E-state index in [4.69, 9.17) is 37.8 Å². The Balaban J connectivity index is 3.18. The average molecular weight is 383 g/mol. The van der Waals surface area contributed by atoms with Crippen LogP contribution in [-0.2, 0) is 9.53 Å². The minimum atomic E-state index is -1.97. The molecule has 0 amide bonds. The van der Waals surface area contributed by atoms with Crippen LogP contribution in [0.5, 0.6) is 5.75 Å². The van der Waals surface area contributed by atoms with E-state index in [1.165, 1.54) is 19.2 Å². The summed E-state index contributed by atoms with van der Waals surface area (Å²) in [6.07, 6.45) is -7.49. The highest BCUT2D eigenvalue weighted by Crippen LogP contribution is 2.34. The van der Waals surface area contributed by atoms with Crippen LogP contribution in [0.25, 0.3) is 0 Å². The van der Waals surface area contributed by atoms with Gasteiger partial charge >= 0.3 is 5.97 Å². The third-order valence-corrected chi connectivity index (χ3v) is 3.71. The fraction of sp³-hybridized carbons (Fsp3) is 0.429. The number of carbonyl (C=O) groups excluding carboxylic acids is 2. The zero-order chi connectivity index (χ0) is 18.4. The molecule has 0 fully saturated rings. The Hall–Kier alpha value is -1.42. The Bertz CT molecular complexity index is 594. The predicted molar refractivity (Wildman–Crippen MR) is 83.4 cm³/mol.